The summed E-state index contributed by atoms with van der Waals surface area (Å²) >= 11 is 0. The Morgan fingerprint density at radius 1 is 0.266 bits per heavy atom. The molecular formula is C73H114O6. The zero-order chi connectivity index (χ0) is 57.1. The number of carbonyl (C=O) groups is 3. The fourth-order valence-electron chi connectivity index (χ4n) is 8.01. The minimum absolute atomic E-state index is 0.112. The molecule has 0 fully saturated rings. The number of unbranched alkanes of at least 4 members (excludes halogenated alkanes) is 16. The van der Waals surface area contributed by atoms with Gasteiger partial charge in [0, 0.05) is 19.3 Å². The SMILES string of the molecule is CC/C=C\C/C=C\C/C=C\C/C=C\C/C=C\C/C=C\C/C=C\CCCCCC(=O)OCC(COC(=O)CCCCCCC/C=C\C/C=C\CCCCC)OC(=O)CCCCCCC/C=C\C/C=C\C/C=C\C/C=C\C/C=C\CC. The second-order valence-corrected chi connectivity index (χ2v) is 20.2. The van der Waals surface area contributed by atoms with Crippen LogP contribution in [0.3, 0.4) is 0 Å². The Labute approximate surface area is 485 Å². The molecule has 1 atom stereocenters. The molecule has 0 radical (unpaired) electrons. The van der Waals surface area contributed by atoms with Gasteiger partial charge in [0.05, 0.1) is 0 Å². The lowest BCUT2D eigenvalue weighted by atomic mass is 10.1. The van der Waals surface area contributed by atoms with Crippen LogP contribution in [-0.4, -0.2) is 37.2 Å². The molecular weight excluding hydrogens is 973 g/mol. The molecule has 0 saturated heterocycles. The monoisotopic (exact) mass is 1090 g/mol. The van der Waals surface area contributed by atoms with E-state index in [-0.39, 0.29) is 37.5 Å². The highest BCUT2D eigenvalue weighted by atomic mass is 16.6. The highest BCUT2D eigenvalue weighted by molar-refractivity contribution is 5.71. The Morgan fingerprint density at radius 3 is 0.785 bits per heavy atom. The highest BCUT2D eigenvalue weighted by Gasteiger charge is 2.19. The molecule has 0 spiro atoms. The molecule has 442 valence electrons. The Morgan fingerprint density at radius 2 is 0.494 bits per heavy atom. The molecule has 0 N–H and O–H groups in total. The smallest absolute Gasteiger partial charge is 0.306 e. The topological polar surface area (TPSA) is 78.9 Å². The number of esters is 3. The molecule has 79 heavy (non-hydrogen) atoms. The Balaban J connectivity index is 4.53. The fourth-order valence-corrected chi connectivity index (χ4v) is 8.01. The molecule has 0 aromatic carbocycles. The van der Waals surface area contributed by atoms with Crippen LogP contribution in [0.4, 0.5) is 0 Å². The number of hydrogen-bond donors (Lipinski definition) is 0. The summed E-state index contributed by atoms with van der Waals surface area (Å²) in [6.07, 6.45) is 96.3. The van der Waals surface area contributed by atoms with Crippen molar-refractivity contribution in [1.29, 1.82) is 0 Å². The van der Waals surface area contributed by atoms with E-state index in [4.69, 9.17) is 14.2 Å². The number of ether oxygens (including phenoxy) is 3. The van der Waals surface area contributed by atoms with Gasteiger partial charge >= 0.3 is 17.9 Å². The first-order valence-electron chi connectivity index (χ1n) is 31.6. The molecule has 6 heteroatoms. The highest BCUT2D eigenvalue weighted by Crippen LogP contribution is 2.13. The predicted octanol–water partition coefficient (Wildman–Crippen LogP) is 21.9. The van der Waals surface area contributed by atoms with E-state index in [1.807, 2.05) is 0 Å². The van der Waals surface area contributed by atoms with Crippen LogP contribution in [0, 0.1) is 0 Å². The van der Waals surface area contributed by atoms with Gasteiger partial charge in [0.25, 0.3) is 0 Å². The maximum absolute atomic E-state index is 12.9. The zero-order valence-electron chi connectivity index (χ0n) is 50.6. The lowest BCUT2D eigenvalue weighted by molar-refractivity contribution is -0.167. The van der Waals surface area contributed by atoms with Gasteiger partial charge in [-0.3, -0.25) is 14.4 Å². The van der Waals surface area contributed by atoms with Gasteiger partial charge in [0.2, 0.25) is 0 Å². The summed E-state index contributed by atoms with van der Waals surface area (Å²) in [6, 6.07) is 0. The molecule has 0 saturated carbocycles. The largest absolute Gasteiger partial charge is 0.462 e. The van der Waals surface area contributed by atoms with E-state index in [1.165, 1.54) is 25.7 Å². The van der Waals surface area contributed by atoms with E-state index in [2.05, 4.69) is 191 Å². The summed E-state index contributed by atoms with van der Waals surface area (Å²) in [4.78, 5) is 38.3. The Bertz CT molecular complexity index is 1820. The van der Waals surface area contributed by atoms with Crippen LogP contribution in [0.2, 0.25) is 0 Å². The first-order valence-corrected chi connectivity index (χ1v) is 31.6. The van der Waals surface area contributed by atoms with E-state index in [0.29, 0.717) is 12.8 Å². The molecule has 0 aliphatic rings. The number of hydrogen-bond acceptors (Lipinski definition) is 6. The molecule has 0 bridgehead atoms. The summed E-state index contributed by atoms with van der Waals surface area (Å²) in [5, 5.41) is 0. The lowest BCUT2D eigenvalue weighted by Crippen LogP contribution is -2.30. The van der Waals surface area contributed by atoms with Gasteiger partial charge in [-0.1, -0.05) is 249 Å². The average Bonchev–Trinajstić information content (AvgIpc) is 3.45. The fraction of sp³-hybridized carbons (Fsp3) is 0.575. The van der Waals surface area contributed by atoms with Gasteiger partial charge in [-0.05, 0) is 154 Å². The van der Waals surface area contributed by atoms with E-state index in [0.717, 1.165) is 186 Å². The quantitative estimate of drug-likeness (QED) is 0.0261. The van der Waals surface area contributed by atoms with E-state index in [1.54, 1.807) is 0 Å². The Kier molecular flexibility index (Phi) is 61.0. The molecule has 6 nitrogen and oxygen atoms in total. The van der Waals surface area contributed by atoms with Crippen molar-refractivity contribution in [3.8, 4) is 0 Å². The second-order valence-electron chi connectivity index (χ2n) is 20.2. The van der Waals surface area contributed by atoms with Crippen molar-refractivity contribution in [2.45, 2.75) is 258 Å². The van der Waals surface area contributed by atoms with Crippen molar-refractivity contribution >= 4 is 17.9 Å². The minimum Gasteiger partial charge on any atom is -0.462 e. The van der Waals surface area contributed by atoms with Crippen LogP contribution in [0.1, 0.15) is 252 Å². The summed E-state index contributed by atoms with van der Waals surface area (Å²) in [5.74, 6) is -0.984. The average molecular weight is 1090 g/mol. The van der Waals surface area contributed by atoms with Crippen molar-refractivity contribution < 1.29 is 28.6 Å². The van der Waals surface area contributed by atoms with E-state index in [9.17, 15) is 14.4 Å². The van der Waals surface area contributed by atoms with Gasteiger partial charge in [-0.15, -0.1) is 0 Å². The first-order chi connectivity index (χ1) is 39.0. The van der Waals surface area contributed by atoms with Gasteiger partial charge in [0.1, 0.15) is 13.2 Å². The van der Waals surface area contributed by atoms with E-state index < -0.39 is 6.10 Å². The second kappa shape index (κ2) is 65.3. The van der Waals surface area contributed by atoms with Crippen LogP contribution in [0.15, 0.2) is 170 Å². The number of carbonyl (C=O) groups excluding carboxylic acids is 3. The molecule has 0 aliphatic heterocycles. The van der Waals surface area contributed by atoms with Crippen LogP contribution in [-0.2, 0) is 28.6 Å². The maximum Gasteiger partial charge on any atom is 0.306 e. The summed E-state index contributed by atoms with van der Waals surface area (Å²) < 4.78 is 16.9. The molecule has 1 unspecified atom stereocenters. The zero-order valence-corrected chi connectivity index (χ0v) is 50.6. The predicted molar refractivity (Wildman–Crippen MR) is 343 cm³/mol. The van der Waals surface area contributed by atoms with Gasteiger partial charge in [0.15, 0.2) is 6.10 Å². The van der Waals surface area contributed by atoms with E-state index >= 15 is 0 Å². The summed E-state index contributed by atoms with van der Waals surface area (Å²) in [6.45, 7) is 6.32. The number of allylic oxidation sites excluding steroid dienone is 28. The normalized spacial score (nSPS) is 13.3. The minimum atomic E-state index is -0.820. The van der Waals surface area contributed by atoms with Crippen molar-refractivity contribution in [3.63, 3.8) is 0 Å². The third-order valence-electron chi connectivity index (χ3n) is 12.7. The van der Waals surface area contributed by atoms with Crippen LogP contribution in [0.5, 0.6) is 0 Å². The standard InChI is InChI=1S/C73H114O6/c1-4-7-10-13-16-19-22-25-28-30-32-34-35-36-37-39-40-42-45-48-51-54-57-60-63-66-72(75)78-69-70(68-77-71(74)65-62-59-56-53-50-47-44-27-24-21-18-15-12-9-6-3)79-73(76)67-64-61-58-55-52-49-46-43-41-38-33-31-29-26-23-20-17-14-11-8-5-2/h7-8,10-11,16-21,25-29,32-34,36-38,40,42-44,46,48,51,70H,4-6,9,12-15,22-24,30-31,35,39,41,45,47,49-50,52-69H2,1-3H3/b10-7-,11-8-,19-16-,20-17-,21-18-,28-25-,29-26-,34-32-,37-36-,38-33-,42-40-,44-27-,46-43-,51-48-. The Hall–Kier alpha value is -5.23. The van der Waals surface area contributed by atoms with Crippen molar-refractivity contribution in [2.24, 2.45) is 0 Å². The van der Waals surface area contributed by atoms with Crippen molar-refractivity contribution in [3.05, 3.63) is 170 Å². The van der Waals surface area contributed by atoms with Gasteiger partial charge in [-0.2, -0.15) is 0 Å². The van der Waals surface area contributed by atoms with Crippen LogP contribution in [0.25, 0.3) is 0 Å². The molecule has 0 aromatic rings. The third-order valence-corrected chi connectivity index (χ3v) is 12.7. The first kappa shape index (κ1) is 73.8. The summed E-state index contributed by atoms with van der Waals surface area (Å²) in [5.41, 5.74) is 0. The molecule has 0 aromatic heterocycles. The van der Waals surface area contributed by atoms with Crippen molar-refractivity contribution in [2.75, 3.05) is 13.2 Å². The molecule has 0 heterocycles. The molecule has 0 rings (SSSR count). The number of rotatable bonds is 55. The molecule has 0 aliphatic carbocycles. The third kappa shape index (κ3) is 63.5. The van der Waals surface area contributed by atoms with Crippen LogP contribution >= 0.6 is 0 Å². The maximum atomic E-state index is 12.9. The van der Waals surface area contributed by atoms with Gasteiger partial charge < -0.3 is 14.2 Å². The summed E-state index contributed by atoms with van der Waals surface area (Å²) in [7, 11) is 0. The van der Waals surface area contributed by atoms with Gasteiger partial charge in [-0.25, -0.2) is 0 Å². The van der Waals surface area contributed by atoms with Crippen molar-refractivity contribution in [1.82, 2.24) is 0 Å². The van der Waals surface area contributed by atoms with Crippen LogP contribution < -0.4 is 0 Å². The molecule has 0 amide bonds. The lowest BCUT2D eigenvalue weighted by Gasteiger charge is -2.18.